The maximum absolute atomic E-state index is 11.9. The number of rotatable bonds is 10. The summed E-state index contributed by atoms with van der Waals surface area (Å²) in [5, 5.41) is 11.9. The third-order valence-corrected chi connectivity index (χ3v) is 5.01. The van der Waals surface area contributed by atoms with Crippen molar-refractivity contribution >= 4 is 10.1 Å². The van der Waals surface area contributed by atoms with Crippen molar-refractivity contribution in [3.05, 3.63) is 48.0 Å². The van der Waals surface area contributed by atoms with Crippen molar-refractivity contribution in [1.29, 1.82) is 0 Å². The first-order valence-electron chi connectivity index (χ1n) is 8.96. The van der Waals surface area contributed by atoms with Gasteiger partial charge in [0.1, 0.15) is 10.6 Å². The number of ether oxygens (including phenoxy) is 1. The number of unbranched alkanes of at least 4 members (excludes halogenated alkanes) is 5. The van der Waals surface area contributed by atoms with Crippen LogP contribution in [0, 0.1) is 0 Å². The molecule has 27 heavy (non-hydrogen) atoms. The molecule has 0 aliphatic carbocycles. The maximum atomic E-state index is 11.9. The molecule has 142 valence electrons. The van der Waals surface area contributed by atoms with Crippen molar-refractivity contribution < 1.29 is 52.4 Å². The molecule has 0 aromatic heterocycles. The molecule has 7 heteroatoms. The monoisotopic (exact) mass is 400 g/mol. The van der Waals surface area contributed by atoms with Crippen LogP contribution in [-0.4, -0.2) is 13.0 Å². The molecule has 0 unspecified atom stereocenters. The molecule has 0 saturated heterocycles. The first-order valence-corrected chi connectivity index (χ1v) is 10.4. The summed E-state index contributed by atoms with van der Waals surface area (Å²) in [5.41, 5.74) is 0.504. The van der Waals surface area contributed by atoms with E-state index in [1.54, 1.807) is 24.3 Å². The van der Waals surface area contributed by atoms with E-state index in [2.05, 4.69) is 6.92 Å². The Labute approximate surface area is 183 Å². The smallest absolute Gasteiger partial charge is 0.872 e. The first-order chi connectivity index (χ1) is 12.4. The van der Waals surface area contributed by atoms with E-state index in [4.69, 9.17) is 4.74 Å². The minimum Gasteiger partial charge on any atom is -0.872 e. The molecule has 0 bridgehead atoms. The molecule has 0 radical (unpaired) electrons. The van der Waals surface area contributed by atoms with Gasteiger partial charge in [0, 0.05) is 0 Å². The summed E-state index contributed by atoms with van der Waals surface area (Å²) < 4.78 is 38.7. The normalized spacial score (nSPS) is 11.0. The van der Waals surface area contributed by atoms with Crippen molar-refractivity contribution in [2.75, 3.05) is 0 Å². The molecule has 0 aliphatic rings. The van der Waals surface area contributed by atoms with Crippen LogP contribution in [0.1, 0.15) is 51.0 Å². The molecular weight excluding hydrogens is 375 g/mol. The third-order valence-electron chi connectivity index (χ3n) is 4.15. The largest absolute Gasteiger partial charge is 1.00 e. The molecule has 0 fully saturated rings. The van der Waals surface area contributed by atoms with E-state index >= 15 is 0 Å². The van der Waals surface area contributed by atoms with E-state index in [1.165, 1.54) is 25.3 Å². The second-order valence-electron chi connectivity index (χ2n) is 6.32. The first kappa shape index (κ1) is 24.0. The summed E-state index contributed by atoms with van der Waals surface area (Å²) in [7, 11) is -4.57. The van der Waals surface area contributed by atoms with Gasteiger partial charge in [0.2, 0.25) is 0 Å². The summed E-state index contributed by atoms with van der Waals surface area (Å²) in [4.78, 5) is -0.477. The summed E-state index contributed by atoms with van der Waals surface area (Å²) in [6.45, 7) is 2.16. The maximum Gasteiger partial charge on any atom is 1.00 e. The zero-order chi connectivity index (χ0) is 19.0. The van der Waals surface area contributed by atoms with Gasteiger partial charge in [-0.25, -0.2) is 0 Å². The van der Waals surface area contributed by atoms with Gasteiger partial charge in [-0.15, -0.1) is 5.75 Å². The summed E-state index contributed by atoms with van der Waals surface area (Å²) >= 11 is 0. The average Bonchev–Trinajstić information content (AvgIpc) is 2.59. The van der Waals surface area contributed by atoms with Crippen LogP contribution in [-0.2, 0) is 16.5 Å². The van der Waals surface area contributed by atoms with E-state index in [0.717, 1.165) is 25.3 Å². The van der Waals surface area contributed by atoms with Gasteiger partial charge in [-0.2, -0.15) is 8.42 Å². The fourth-order valence-corrected chi connectivity index (χ4v) is 3.50. The molecule has 0 saturated carbocycles. The van der Waals surface area contributed by atoms with Gasteiger partial charge < -0.3 is 9.84 Å². The quantitative estimate of drug-likeness (QED) is 0.373. The van der Waals surface area contributed by atoms with E-state index in [-0.39, 0.29) is 35.3 Å². The second-order valence-corrected chi connectivity index (χ2v) is 7.71. The Morgan fingerprint density at radius 1 is 1.00 bits per heavy atom. The van der Waals surface area contributed by atoms with Crippen LogP contribution in [0.25, 0.3) is 0 Å². The zero-order valence-corrected chi connectivity index (χ0v) is 18.8. The van der Waals surface area contributed by atoms with Crippen molar-refractivity contribution in [2.45, 2.75) is 56.8 Å². The Balaban J connectivity index is 0.00000364. The van der Waals surface area contributed by atoms with Gasteiger partial charge in [-0.05, 0) is 36.6 Å². The second kappa shape index (κ2) is 11.7. The number of hydrogen-bond donors (Lipinski definition) is 1. The predicted molar refractivity (Wildman–Crippen MR) is 99.3 cm³/mol. The Bertz CT molecular complexity index is 807. The summed E-state index contributed by atoms with van der Waals surface area (Å²) in [5.74, 6) is 0.0196. The van der Waals surface area contributed by atoms with Crippen LogP contribution < -0.4 is 39.4 Å². The van der Waals surface area contributed by atoms with Crippen LogP contribution in [0.3, 0.4) is 0 Å². The van der Waals surface area contributed by atoms with Crippen molar-refractivity contribution in [3.8, 4) is 17.2 Å². The van der Waals surface area contributed by atoms with Crippen LogP contribution in [0.15, 0.2) is 47.4 Å². The van der Waals surface area contributed by atoms with Gasteiger partial charge in [0.15, 0.2) is 5.75 Å². The summed E-state index contributed by atoms with van der Waals surface area (Å²) in [6, 6.07) is 11.0. The van der Waals surface area contributed by atoms with Crippen LogP contribution >= 0.6 is 0 Å². The molecule has 0 spiro atoms. The van der Waals surface area contributed by atoms with Crippen molar-refractivity contribution in [3.63, 3.8) is 0 Å². The van der Waals surface area contributed by atoms with Crippen LogP contribution in [0.5, 0.6) is 17.2 Å². The summed E-state index contributed by atoms with van der Waals surface area (Å²) in [6.07, 6.45) is 6.98. The Hall–Kier alpha value is -1.05. The van der Waals surface area contributed by atoms with E-state index in [1.807, 2.05) is 6.07 Å². The topological polar surface area (TPSA) is 86.7 Å². The average molecular weight is 400 g/mol. The van der Waals surface area contributed by atoms with Crippen LogP contribution in [0.4, 0.5) is 0 Å². The Kier molecular flexibility index (Phi) is 10.4. The molecule has 1 N–H and O–H groups in total. The zero-order valence-electron chi connectivity index (χ0n) is 16.0. The number of benzene rings is 2. The van der Waals surface area contributed by atoms with Crippen molar-refractivity contribution in [1.82, 2.24) is 0 Å². The predicted octanol–water partition coefficient (Wildman–Crippen LogP) is 1.71. The molecule has 0 heterocycles. The Morgan fingerprint density at radius 2 is 1.63 bits per heavy atom. The standard InChI is InChI=1S/C20H26O5S.Na/c1-2-3-4-5-6-8-11-16-14-17(21)15-19(26(22,23)24)20(16)25-18-12-9-7-10-13-18;/h7,9-10,12-15,21H,2-6,8,11H2,1H3,(H,22,23,24);/q;+1/p-1. The van der Waals surface area contributed by atoms with E-state index < -0.39 is 20.8 Å². The van der Waals surface area contributed by atoms with Crippen LogP contribution in [0.2, 0.25) is 0 Å². The number of hydrogen-bond acceptors (Lipinski definition) is 4. The minimum atomic E-state index is -4.57. The van der Waals surface area contributed by atoms with Crippen molar-refractivity contribution in [2.24, 2.45) is 0 Å². The molecule has 2 aromatic carbocycles. The molecule has 0 aliphatic heterocycles. The molecule has 5 nitrogen and oxygen atoms in total. The molecule has 0 atom stereocenters. The van der Waals surface area contributed by atoms with Gasteiger partial charge in [0.05, 0.1) is 0 Å². The fraction of sp³-hybridized carbons (Fsp3) is 0.400. The third kappa shape index (κ3) is 7.84. The van der Waals surface area contributed by atoms with Gasteiger partial charge in [-0.1, -0.05) is 63.3 Å². The Morgan fingerprint density at radius 3 is 2.26 bits per heavy atom. The molecule has 2 aromatic rings. The number of aryl methyl sites for hydroxylation is 1. The fourth-order valence-electron chi connectivity index (χ4n) is 2.83. The van der Waals surface area contributed by atoms with Gasteiger partial charge >= 0.3 is 29.6 Å². The minimum absolute atomic E-state index is 0. The molecule has 2 rings (SSSR count). The van der Waals surface area contributed by atoms with E-state index in [0.29, 0.717) is 17.7 Å². The van der Waals surface area contributed by atoms with Gasteiger partial charge in [-0.3, -0.25) is 4.55 Å². The molecule has 0 amide bonds. The number of para-hydroxylation sites is 1. The SMILES string of the molecule is CCCCCCCCc1cc([O-])cc(S(=O)(=O)O)c1Oc1ccccc1.[Na+]. The van der Waals surface area contributed by atoms with Gasteiger partial charge in [0.25, 0.3) is 10.1 Å². The van der Waals surface area contributed by atoms with E-state index in [9.17, 15) is 18.1 Å². The molecular formula is C20H25NaO5S.